The van der Waals surface area contributed by atoms with E-state index in [9.17, 15) is 9.59 Å². The van der Waals surface area contributed by atoms with Crippen molar-refractivity contribution in [2.75, 3.05) is 19.8 Å². The van der Waals surface area contributed by atoms with Gasteiger partial charge in [-0.05, 0) is 63.0 Å². The van der Waals surface area contributed by atoms with Crippen LogP contribution in [0.3, 0.4) is 0 Å². The predicted molar refractivity (Wildman–Crippen MR) is 83.7 cm³/mol. The molecule has 22 heavy (non-hydrogen) atoms. The molecule has 0 spiro atoms. The zero-order valence-corrected chi connectivity index (χ0v) is 13.1. The summed E-state index contributed by atoms with van der Waals surface area (Å²) in [5.74, 6) is 0.380. The third kappa shape index (κ3) is 4.73. The van der Waals surface area contributed by atoms with Crippen LogP contribution in [-0.4, -0.2) is 31.8 Å². The van der Waals surface area contributed by atoms with E-state index in [1.807, 2.05) is 32.0 Å². The number of nitrogens with one attached hydrogen (secondary N) is 3. The summed E-state index contributed by atoms with van der Waals surface area (Å²) in [6.45, 7) is 5.68. The molecular formula is C16H23N3O3. The molecule has 3 N–H and O–H groups in total. The van der Waals surface area contributed by atoms with E-state index in [0.29, 0.717) is 5.75 Å². The van der Waals surface area contributed by atoms with Gasteiger partial charge in [0, 0.05) is 5.92 Å². The minimum absolute atomic E-state index is 0.0217. The summed E-state index contributed by atoms with van der Waals surface area (Å²) in [5.41, 5.74) is 2.31. The number of rotatable bonds is 4. The molecule has 1 heterocycles. The van der Waals surface area contributed by atoms with E-state index >= 15 is 0 Å². The van der Waals surface area contributed by atoms with Crippen LogP contribution in [0.15, 0.2) is 18.2 Å². The standard InChI is InChI=1S/C16H23N3O3/c1-11-3-4-14(9-12(11)2)22-10-18-16(21)19-15(20)13-5-7-17-8-6-13/h3-4,9,13,17H,5-8,10H2,1-2H3,(H2,18,19,20,21). The van der Waals surface area contributed by atoms with Gasteiger partial charge in [0.05, 0.1) is 0 Å². The summed E-state index contributed by atoms with van der Waals surface area (Å²) >= 11 is 0. The number of imide groups is 1. The van der Waals surface area contributed by atoms with E-state index in [4.69, 9.17) is 4.74 Å². The number of carbonyl (C=O) groups excluding carboxylic acids is 2. The minimum Gasteiger partial charge on any atom is -0.473 e. The van der Waals surface area contributed by atoms with Gasteiger partial charge in [0.15, 0.2) is 6.73 Å². The Hall–Kier alpha value is -2.08. The van der Waals surface area contributed by atoms with Crippen LogP contribution in [0.25, 0.3) is 0 Å². The summed E-state index contributed by atoms with van der Waals surface area (Å²) in [6, 6.07) is 5.20. The molecular weight excluding hydrogens is 282 g/mol. The first kappa shape index (κ1) is 16.3. The Morgan fingerprint density at radius 1 is 1.23 bits per heavy atom. The third-order valence-corrected chi connectivity index (χ3v) is 3.90. The molecule has 1 saturated heterocycles. The van der Waals surface area contributed by atoms with Crippen LogP contribution >= 0.6 is 0 Å². The van der Waals surface area contributed by atoms with Crippen molar-refractivity contribution in [1.82, 2.24) is 16.0 Å². The van der Waals surface area contributed by atoms with Gasteiger partial charge < -0.3 is 15.4 Å². The fourth-order valence-corrected chi connectivity index (χ4v) is 2.33. The van der Waals surface area contributed by atoms with E-state index in [2.05, 4.69) is 16.0 Å². The van der Waals surface area contributed by atoms with Crippen molar-refractivity contribution in [1.29, 1.82) is 0 Å². The second kappa shape index (κ2) is 7.79. The van der Waals surface area contributed by atoms with Crippen LogP contribution in [0, 0.1) is 19.8 Å². The number of carbonyl (C=O) groups is 2. The van der Waals surface area contributed by atoms with Gasteiger partial charge >= 0.3 is 6.03 Å². The quantitative estimate of drug-likeness (QED) is 0.736. The second-order valence-corrected chi connectivity index (χ2v) is 5.55. The number of amides is 3. The summed E-state index contributed by atoms with van der Waals surface area (Å²) < 4.78 is 5.45. The molecule has 1 aliphatic rings. The first-order valence-corrected chi connectivity index (χ1v) is 7.55. The molecule has 0 unspecified atom stereocenters. The van der Waals surface area contributed by atoms with Crippen molar-refractivity contribution in [3.8, 4) is 5.75 Å². The van der Waals surface area contributed by atoms with Crippen molar-refractivity contribution >= 4 is 11.9 Å². The topological polar surface area (TPSA) is 79.5 Å². The lowest BCUT2D eigenvalue weighted by Gasteiger charge is -2.21. The number of ether oxygens (including phenoxy) is 1. The van der Waals surface area contributed by atoms with E-state index in [1.165, 1.54) is 5.56 Å². The smallest absolute Gasteiger partial charge is 0.324 e. The lowest BCUT2D eigenvalue weighted by atomic mass is 9.97. The first-order chi connectivity index (χ1) is 10.6. The van der Waals surface area contributed by atoms with Crippen LogP contribution in [-0.2, 0) is 4.79 Å². The predicted octanol–water partition coefficient (Wildman–Crippen LogP) is 1.47. The zero-order valence-electron chi connectivity index (χ0n) is 13.1. The number of urea groups is 1. The van der Waals surface area contributed by atoms with Gasteiger partial charge in [0.2, 0.25) is 5.91 Å². The summed E-state index contributed by atoms with van der Waals surface area (Å²) in [4.78, 5) is 23.6. The maximum absolute atomic E-state index is 11.9. The molecule has 1 aromatic rings. The van der Waals surface area contributed by atoms with Crippen molar-refractivity contribution in [2.45, 2.75) is 26.7 Å². The molecule has 0 saturated carbocycles. The molecule has 0 aliphatic carbocycles. The van der Waals surface area contributed by atoms with Gasteiger partial charge in [0.1, 0.15) is 5.75 Å². The lowest BCUT2D eigenvalue weighted by molar-refractivity contribution is -0.124. The van der Waals surface area contributed by atoms with Crippen molar-refractivity contribution in [3.63, 3.8) is 0 Å². The van der Waals surface area contributed by atoms with Crippen molar-refractivity contribution in [2.24, 2.45) is 5.92 Å². The molecule has 2 rings (SSSR count). The zero-order chi connectivity index (χ0) is 15.9. The van der Waals surface area contributed by atoms with Crippen LogP contribution in [0.4, 0.5) is 4.79 Å². The summed E-state index contributed by atoms with van der Waals surface area (Å²) in [5, 5.41) is 8.07. The highest BCUT2D eigenvalue weighted by Crippen LogP contribution is 2.16. The molecule has 6 heteroatoms. The number of hydrogen-bond acceptors (Lipinski definition) is 4. The summed E-state index contributed by atoms with van der Waals surface area (Å²) in [7, 11) is 0. The van der Waals surface area contributed by atoms with Crippen molar-refractivity contribution < 1.29 is 14.3 Å². The highest BCUT2D eigenvalue weighted by molar-refractivity contribution is 5.95. The van der Waals surface area contributed by atoms with Crippen LogP contribution in [0.2, 0.25) is 0 Å². The van der Waals surface area contributed by atoms with E-state index in [1.54, 1.807) is 0 Å². The van der Waals surface area contributed by atoms with E-state index in [0.717, 1.165) is 31.5 Å². The maximum Gasteiger partial charge on any atom is 0.324 e. The van der Waals surface area contributed by atoms with Crippen molar-refractivity contribution in [3.05, 3.63) is 29.3 Å². The molecule has 6 nitrogen and oxygen atoms in total. The lowest BCUT2D eigenvalue weighted by Crippen LogP contribution is -2.45. The van der Waals surface area contributed by atoms with Gasteiger partial charge in [0.25, 0.3) is 0 Å². The van der Waals surface area contributed by atoms with Crippen LogP contribution < -0.4 is 20.7 Å². The normalized spacial score (nSPS) is 15.2. The molecule has 3 amide bonds. The van der Waals surface area contributed by atoms with Gasteiger partial charge in [-0.1, -0.05) is 6.07 Å². The first-order valence-electron chi connectivity index (χ1n) is 7.55. The van der Waals surface area contributed by atoms with Gasteiger partial charge in [-0.15, -0.1) is 0 Å². The number of piperidine rings is 1. The fourth-order valence-electron chi connectivity index (χ4n) is 2.33. The molecule has 0 radical (unpaired) electrons. The third-order valence-electron chi connectivity index (χ3n) is 3.90. The van der Waals surface area contributed by atoms with Gasteiger partial charge in [-0.25, -0.2) is 4.79 Å². The van der Waals surface area contributed by atoms with E-state index in [-0.39, 0.29) is 18.6 Å². The Balaban J connectivity index is 1.70. The number of hydrogen-bond donors (Lipinski definition) is 3. The van der Waals surface area contributed by atoms with Gasteiger partial charge in [-0.3, -0.25) is 10.1 Å². The molecule has 1 aromatic carbocycles. The molecule has 1 fully saturated rings. The molecule has 120 valence electrons. The van der Waals surface area contributed by atoms with Gasteiger partial charge in [-0.2, -0.15) is 0 Å². The molecule has 0 atom stereocenters. The largest absolute Gasteiger partial charge is 0.473 e. The second-order valence-electron chi connectivity index (χ2n) is 5.55. The molecule has 0 aromatic heterocycles. The highest BCUT2D eigenvalue weighted by atomic mass is 16.5. The molecule has 0 bridgehead atoms. The van der Waals surface area contributed by atoms with Crippen LogP contribution in [0.5, 0.6) is 5.75 Å². The molecule has 1 aliphatic heterocycles. The fraction of sp³-hybridized carbons (Fsp3) is 0.500. The Labute approximate surface area is 130 Å². The average Bonchev–Trinajstić information content (AvgIpc) is 2.51. The Morgan fingerprint density at radius 2 is 1.95 bits per heavy atom. The number of benzene rings is 1. The Kier molecular flexibility index (Phi) is 5.77. The van der Waals surface area contributed by atoms with Crippen LogP contribution in [0.1, 0.15) is 24.0 Å². The average molecular weight is 305 g/mol. The minimum atomic E-state index is -0.521. The number of aryl methyl sites for hydroxylation is 2. The maximum atomic E-state index is 11.9. The SMILES string of the molecule is Cc1ccc(OCNC(=O)NC(=O)C2CCNCC2)cc1C. The monoisotopic (exact) mass is 305 g/mol. The Morgan fingerprint density at radius 3 is 2.64 bits per heavy atom. The van der Waals surface area contributed by atoms with E-state index < -0.39 is 6.03 Å². The highest BCUT2D eigenvalue weighted by Gasteiger charge is 2.22. The summed E-state index contributed by atoms with van der Waals surface area (Å²) in [6.07, 6.45) is 1.52. The Bertz CT molecular complexity index is 539.